The molecule has 7 nitrogen and oxygen atoms in total. The Balaban J connectivity index is 1.69. The lowest BCUT2D eigenvalue weighted by Gasteiger charge is -2.08. The van der Waals surface area contributed by atoms with Crippen molar-refractivity contribution in [2.24, 2.45) is 0 Å². The summed E-state index contributed by atoms with van der Waals surface area (Å²) < 4.78 is 5.68. The first kappa shape index (κ1) is 20.8. The van der Waals surface area contributed by atoms with Crippen molar-refractivity contribution in [2.45, 2.75) is 13.5 Å². The van der Waals surface area contributed by atoms with Gasteiger partial charge in [-0.05, 0) is 42.8 Å². The summed E-state index contributed by atoms with van der Waals surface area (Å²) in [5.74, 6) is -1.22. The van der Waals surface area contributed by atoms with Crippen LogP contribution in [-0.4, -0.2) is 22.0 Å². The first-order valence-electron chi connectivity index (χ1n) is 8.85. The van der Waals surface area contributed by atoms with Crippen LogP contribution in [0.5, 0.6) is 5.75 Å². The van der Waals surface area contributed by atoms with Crippen molar-refractivity contribution in [1.82, 2.24) is 4.98 Å². The van der Waals surface area contributed by atoms with Crippen molar-refractivity contribution in [1.29, 1.82) is 5.26 Å². The molecular formula is C22H17N3O4S. The molecule has 0 bridgehead atoms. The number of nitriles is 1. The Kier molecular flexibility index (Phi) is 6.57. The molecule has 0 saturated heterocycles. The van der Waals surface area contributed by atoms with Gasteiger partial charge < -0.3 is 15.2 Å². The average Bonchev–Trinajstić information content (AvgIpc) is 3.16. The third-order valence-corrected chi connectivity index (χ3v) is 4.84. The first-order chi connectivity index (χ1) is 14.5. The molecule has 0 fully saturated rings. The van der Waals surface area contributed by atoms with Gasteiger partial charge in [-0.2, -0.15) is 5.26 Å². The fraction of sp³-hybridized carbons (Fsp3) is 0.0909. The summed E-state index contributed by atoms with van der Waals surface area (Å²) >= 11 is 1.56. The van der Waals surface area contributed by atoms with E-state index >= 15 is 0 Å². The van der Waals surface area contributed by atoms with Crippen LogP contribution in [0.3, 0.4) is 0 Å². The molecule has 1 heterocycles. The van der Waals surface area contributed by atoms with Crippen LogP contribution in [0.15, 0.2) is 59.5 Å². The second-order valence-corrected chi connectivity index (χ2v) is 7.25. The number of para-hydroxylation sites is 1. The molecule has 1 amide bonds. The van der Waals surface area contributed by atoms with Crippen molar-refractivity contribution in [3.8, 4) is 11.8 Å². The fourth-order valence-electron chi connectivity index (χ4n) is 2.58. The van der Waals surface area contributed by atoms with E-state index in [1.54, 1.807) is 47.7 Å². The summed E-state index contributed by atoms with van der Waals surface area (Å²) in [5.41, 5.74) is 1.40. The molecule has 0 aliphatic carbocycles. The first-order valence-corrected chi connectivity index (χ1v) is 9.73. The summed E-state index contributed by atoms with van der Waals surface area (Å²) in [6.07, 6.45) is 1.42. The van der Waals surface area contributed by atoms with E-state index in [9.17, 15) is 20.0 Å². The van der Waals surface area contributed by atoms with Gasteiger partial charge in [-0.3, -0.25) is 4.79 Å². The highest BCUT2D eigenvalue weighted by molar-refractivity contribution is 7.09. The number of anilines is 1. The van der Waals surface area contributed by atoms with E-state index in [2.05, 4.69) is 10.3 Å². The third kappa shape index (κ3) is 5.31. The number of amides is 1. The highest BCUT2D eigenvalue weighted by Gasteiger charge is 2.14. The van der Waals surface area contributed by atoms with E-state index in [4.69, 9.17) is 4.74 Å². The van der Waals surface area contributed by atoms with Crippen LogP contribution in [0, 0.1) is 18.3 Å². The highest BCUT2D eigenvalue weighted by atomic mass is 32.1. The van der Waals surface area contributed by atoms with Gasteiger partial charge >= 0.3 is 5.97 Å². The van der Waals surface area contributed by atoms with Crippen LogP contribution < -0.4 is 10.1 Å². The number of rotatable bonds is 7. The van der Waals surface area contributed by atoms with E-state index in [0.717, 1.165) is 10.7 Å². The Hall–Kier alpha value is -3.96. The minimum atomic E-state index is -1.17. The molecule has 30 heavy (non-hydrogen) atoms. The second-order valence-electron chi connectivity index (χ2n) is 6.19. The normalized spacial score (nSPS) is 10.9. The zero-order valence-electron chi connectivity index (χ0n) is 16.0. The van der Waals surface area contributed by atoms with Crippen LogP contribution in [0.4, 0.5) is 5.69 Å². The average molecular weight is 419 g/mol. The van der Waals surface area contributed by atoms with E-state index < -0.39 is 11.9 Å². The number of carbonyl (C=O) groups excluding carboxylic acids is 1. The molecule has 0 spiro atoms. The standard InChI is InChI=1S/C22H17N3O4S/c1-14-24-17(13-30-14)12-29-18-8-6-15(7-9-18)10-16(11-23)21(26)25-20-5-3-2-4-19(20)22(27)28/h2-10,13H,12H2,1H3,(H,25,26)(H,27,28)/b16-10+. The molecule has 150 valence electrons. The lowest BCUT2D eigenvalue weighted by atomic mass is 10.1. The number of carbonyl (C=O) groups is 2. The number of aromatic carboxylic acids is 1. The predicted molar refractivity (Wildman–Crippen MR) is 113 cm³/mol. The molecule has 3 aromatic rings. The van der Waals surface area contributed by atoms with Gasteiger partial charge in [-0.1, -0.05) is 24.3 Å². The van der Waals surface area contributed by atoms with Gasteiger partial charge in [-0.15, -0.1) is 11.3 Å². The summed E-state index contributed by atoms with van der Waals surface area (Å²) in [4.78, 5) is 28.0. The Labute approximate surface area is 176 Å². The number of hydrogen-bond donors (Lipinski definition) is 2. The Bertz CT molecular complexity index is 1140. The lowest BCUT2D eigenvalue weighted by molar-refractivity contribution is -0.112. The van der Waals surface area contributed by atoms with Gasteiger partial charge in [0.1, 0.15) is 24.0 Å². The monoisotopic (exact) mass is 419 g/mol. The molecule has 0 aliphatic rings. The minimum absolute atomic E-state index is 0.0556. The lowest BCUT2D eigenvalue weighted by Crippen LogP contribution is -2.16. The topological polar surface area (TPSA) is 112 Å². The third-order valence-electron chi connectivity index (χ3n) is 4.02. The molecular weight excluding hydrogens is 402 g/mol. The van der Waals surface area contributed by atoms with Crippen molar-refractivity contribution in [2.75, 3.05) is 5.32 Å². The minimum Gasteiger partial charge on any atom is -0.487 e. The van der Waals surface area contributed by atoms with E-state index in [0.29, 0.717) is 17.9 Å². The molecule has 0 radical (unpaired) electrons. The second kappa shape index (κ2) is 9.49. The van der Waals surface area contributed by atoms with E-state index in [-0.39, 0.29) is 16.8 Å². The Morgan fingerprint density at radius 3 is 2.60 bits per heavy atom. The summed E-state index contributed by atoms with van der Waals surface area (Å²) in [7, 11) is 0. The predicted octanol–water partition coefficient (Wildman–Crippen LogP) is 4.27. The smallest absolute Gasteiger partial charge is 0.337 e. The van der Waals surface area contributed by atoms with E-state index in [1.807, 2.05) is 18.4 Å². The number of thiazole rings is 1. The number of aryl methyl sites for hydroxylation is 1. The number of carboxylic acid groups (broad SMARTS) is 1. The largest absolute Gasteiger partial charge is 0.487 e. The van der Waals surface area contributed by atoms with Crippen molar-refractivity contribution < 1.29 is 19.4 Å². The van der Waals surface area contributed by atoms with Gasteiger partial charge in [0.05, 0.1) is 22.0 Å². The molecule has 8 heteroatoms. The molecule has 0 atom stereocenters. The van der Waals surface area contributed by atoms with Crippen molar-refractivity contribution >= 4 is 35.0 Å². The number of aromatic nitrogens is 1. The van der Waals surface area contributed by atoms with Crippen LogP contribution in [0.1, 0.15) is 26.6 Å². The Morgan fingerprint density at radius 2 is 1.97 bits per heavy atom. The molecule has 2 N–H and O–H groups in total. The van der Waals surface area contributed by atoms with Crippen LogP contribution in [-0.2, 0) is 11.4 Å². The summed E-state index contributed by atoms with van der Waals surface area (Å²) in [6, 6.07) is 14.7. The van der Waals surface area contributed by atoms with Gasteiger partial charge in [0.15, 0.2) is 0 Å². The summed E-state index contributed by atoms with van der Waals surface area (Å²) in [5, 5.41) is 23.9. The van der Waals surface area contributed by atoms with E-state index in [1.165, 1.54) is 18.2 Å². The molecule has 0 aliphatic heterocycles. The molecule has 2 aromatic carbocycles. The highest BCUT2D eigenvalue weighted by Crippen LogP contribution is 2.19. The van der Waals surface area contributed by atoms with Crippen LogP contribution in [0.25, 0.3) is 6.08 Å². The zero-order chi connectivity index (χ0) is 21.5. The number of carboxylic acids is 1. The van der Waals surface area contributed by atoms with Gasteiger partial charge in [0.25, 0.3) is 5.91 Å². The van der Waals surface area contributed by atoms with Crippen LogP contribution >= 0.6 is 11.3 Å². The molecule has 3 rings (SSSR count). The maximum Gasteiger partial charge on any atom is 0.337 e. The summed E-state index contributed by atoms with van der Waals surface area (Å²) in [6.45, 7) is 2.28. The van der Waals surface area contributed by atoms with Gasteiger partial charge in [0, 0.05) is 5.38 Å². The number of ether oxygens (including phenoxy) is 1. The number of nitrogens with one attached hydrogen (secondary N) is 1. The SMILES string of the molecule is Cc1nc(COc2ccc(/C=C(\C#N)C(=O)Nc3ccccc3C(=O)O)cc2)cs1. The fourth-order valence-corrected chi connectivity index (χ4v) is 3.17. The number of benzene rings is 2. The molecule has 0 unspecified atom stereocenters. The van der Waals surface area contributed by atoms with Crippen LogP contribution in [0.2, 0.25) is 0 Å². The maximum absolute atomic E-state index is 12.4. The van der Waals surface area contributed by atoms with Gasteiger partial charge in [0.2, 0.25) is 0 Å². The molecule has 0 saturated carbocycles. The van der Waals surface area contributed by atoms with Gasteiger partial charge in [-0.25, -0.2) is 9.78 Å². The van der Waals surface area contributed by atoms with Crippen molar-refractivity contribution in [3.05, 3.63) is 81.3 Å². The number of nitrogens with zero attached hydrogens (tertiary/aromatic N) is 2. The zero-order valence-corrected chi connectivity index (χ0v) is 16.8. The van der Waals surface area contributed by atoms with Crippen molar-refractivity contribution in [3.63, 3.8) is 0 Å². The number of hydrogen-bond acceptors (Lipinski definition) is 6. The molecule has 1 aromatic heterocycles. The maximum atomic E-state index is 12.4. The quantitative estimate of drug-likeness (QED) is 0.437. The Morgan fingerprint density at radius 1 is 1.23 bits per heavy atom.